The van der Waals surface area contributed by atoms with Gasteiger partial charge in [-0.1, -0.05) is 13.8 Å². The van der Waals surface area contributed by atoms with Gasteiger partial charge in [-0.15, -0.1) is 0 Å². The number of rotatable bonds is 5. The molecular weight excluding hydrogens is 262 g/mol. The number of nitrogens with one attached hydrogen (secondary N) is 1. The fourth-order valence-electron chi connectivity index (χ4n) is 1.91. The van der Waals surface area contributed by atoms with Crippen molar-refractivity contribution in [2.24, 2.45) is 11.8 Å². The van der Waals surface area contributed by atoms with Gasteiger partial charge < -0.3 is 0 Å². The fraction of sp³-hybridized carbons (Fsp3) is 1.00. The first kappa shape index (κ1) is 14.9. The van der Waals surface area contributed by atoms with E-state index in [1.165, 1.54) is 0 Å². The minimum absolute atomic E-state index is 0.00951. The van der Waals surface area contributed by atoms with Crippen LogP contribution in [0.3, 0.4) is 0 Å². The topological polar surface area (TPSA) is 80.3 Å². The van der Waals surface area contributed by atoms with E-state index < -0.39 is 19.9 Å². The van der Waals surface area contributed by atoms with E-state index in [1.54, 1.807) is 0 Å². The minimum atomic E-state index is -3.34. The summed E-state index contributed by atoms with van der Waals surface area (Å²) in [5, 5.41) is 0. The Balaban J connectivity index is 2.53. The highest BCUT2D eigenvalue weighted by atomic mass is 32.2. The summed E-state index contributed by atoms with van der Waals surface area (Å²) < 4.78 is 48.7. The second-order valence-corrected chi connectivity index (χ2v) is 9.23. The lowest BCUT2D eigenvalue weighted by Crippen LogP contribution is -2.36. The van der Waals surface area contributed by atoms with E-state index in [-0.39, 0.29) is 29.1 Å². The molecule has 102 valence electrons. The first-order valence-corrected chi connectivity index (χ1v) is 9.35. The van der Waals surface area contributed by atoms with Gasteiger partial charge in [0.15, 0.2) is 9.84 Å². The van der Waals surface area contributed by atoms with Crippen LogP contribution in [0.5, 0.6) is 0 Å². The van der Waals surface area contributed by atoms with Crippen molar-refractivity contribution in [3.05, 3.63) is 0 Å². The number of hydrogen-bond acceptors (Lipinski definition) is 4. The Kier molecular flexibility index (Phi) is 4.97. The van der Waals surface area contributed by atoms with Gasteiger partial charge in [0.05, 0.1) is 17.3 Å². The van der Waals surface area contributed by atoms with Gasteiger partial charge in [0, 0.05) is 6.54 Å². The highest BCUT2D eigenvalue weighted by Crippen LogP contribution is 2.19. The largest absolute Gasteiger partial charge is 0.229 e. The lowest BCUT2D eigenvalue weighted by molar-refractivity contribution is 0.501. The molecule has 0 spiro atoms. The summed E-state index contributed by atoms with van der Waals surface area (Å²) in [6.45, 7) is 4.25. The molecular formula is C10H21NO4S2. The van der Waals surface area contributed by atoms with E-state index in [9.17, 15) is 16.8 Å². The zero-order valence-electron chi connectivity index (χ0n) is 10.3. The van der Waals surface area contributed by atoms with E-state index >= 15 is 0 Å². The van der Waals surface area contributed by atoms with Crippen LogP contribution in [0, 0.1) is 11.8 Å². The zero-order valence-corrected chi connectivity index (χ0v) is 12.0. The zero-order chi connectivity index (χ0) is 13.1. The molecule has 7 heteroatoms. The predicted molar refractivity (Wildman–Crippen MR) is 68.0 cm³/mol. The maximum atomic E-state index is 11.7. The maximum Gasteiger partial charge on any atom is 0.211 e. The Morgan fingerprint density at radius 1 is 1.35 bits per heavy atom. The monoisotopic (exact) mass is 283 g/mol. The van der Waals surface area contributed by atoms with E-state index in [4.69, 9.17) is 0 Å². The Bertz CT molecular complexity index is 439. The minimum Gasteiger partial charge on any atom is -0.229 e. The summed E-state index contributed by atoms with van der Waals surface area (Å²) in [7, 11) is -6.37. The first-order chi connectivity index (χ1) is 7.70. The maximum absolute atomic E-state index is 11.7. The molecule has 0 aromatic rings. The molecule has 1 atom stereocenters. The molecule has 1 unspecified atom stereocenters. The van der Waals surface area contributed by atoms with Crippen LogP contribution in [0.25, 0.3) is 0 Å². The van der Waals surface area contributed by atoms with Crippen LogP contribution in [-0.4, -0.2) is 40.6 Å². The van der Waals surface area contributed by atoms with Gasteiger partial charge >= 0.3 is 0 Å². The molecule has 0 radical (unpaired) electrons. The van der Waals surface area contributed by atoms with Crippen molar-refractivity contribution < 1.29 is 16.8 Å². The second kappa shape index (κ2) is 5.67. The van der Waals surface area contributed by atoms with Crippen molar-refractivity contribution in [1.29, 1.82) is 0 Å². The molecule has 0 aromatic carbocycles. The predicted octanol–water partition coefficient (Wildman–Crippen LogP) is 0.387. The first-order valence-electron chi connectivity index (χ1n) is 5.88. The summed E-state index contributed by atoms with van der Waals surface area (Å²) >= 11 is 0. The molecule has 0 bridgehead atoms. The Morgan fingerprint density at radius 3 is 2.53 bits per heavy atom. The number of sulfonamides is 1. The molecule has 1 fully saturated rings. The molecule has 0 amide bonds. The van der Waals surface area contributed by atoms with E-state index in [0.717, 1.165) is 0 Å². The third kappa shape index (κ3) is 5.83. The molecule has 1 aliphatic heterocycles. The summed E-state index contributed by atoms with van der Waals surface area (Å²) in [4.78, 5) is 0. The standard InChI is InChI=1S/C10H21NO4S2/c1-9(2)6-11-17(14,15)8-10-4-3-5-16(12,13)7-10/h9-11H,3-8H2,1-2H3. The van der Waals surface area contributed by atoms with Crippen LogP contribution in [0.1, 0.15) is 26.7 Å². The molecule has 17 heavy (non-hydrogen) atoms. The smallest absolute Gasteiger partial charge is 0.211 e. The molecule has 1 saturated heterocycles. The fourth-order valence-corrected chi connectivity index (χ4v) is 5.45. The number of hydrogen-bond donors (Lipinski definition) is 1. The lowest BCUT2D eigenvalue weighted by atomic mass is 10.1. The molecule has 1 heterocycles. The van der Waals surface area contributed by atoms with Gasteiger partial charge in [-0.3, -0.25) is 0 Å². The second-order valence-electron chi connectivity index (χ2n) is 5.15. The molecule has 1 rings (SSSR count). The highest BCUT2D eigenvalue weighted by molar-refractivity contribution is 7.91. The van der Waals surface area contributed by atoms with Crippen molar-refractivity contribution in [3.8, 4) is 0 Å². The van der Waals surface area contributed by atoms with Crippen LogP contribution in [0.2, 0.25) is 0 Å². The summed E-state index contributed by atoms with van der Waals surface area (Å²) in [6, 6.07) is 0. The Labute approximate surface area is 104 Å². The molecule has 1 N–H and O–H groups in total. The third-order valence-corrected chi connectivity index (χ3v) is 6.13. The summed E-state index contributed by atoms with van der Waals surface area (Å²) in [5.41, 5.74) is 0. The molecule has 1 aliphatic rings. The van der Waals surface area contributed by atoms with Gasteiger partial charge in [-0.2, -0.15) is 0 Å². The Morgan fingerprint density at radius 2 is 2.00 bits per heavy atom. The quantitative estimate of drug-likeness (QED) is 0.791. The normalized spacial score (nSPS) is 25.0. The summed E-state index contributed by atoms with van der Waals surface area (Å²) in [6.07, 6.45) is 1.26. The van der Waals surface area contributed by atoms with E-state index in [2.05, 4.69) is 4.72 Å². The molecule has 0 aliphatic carbocycles. The lowest BCUT2D eigenvalue weighted by Gasteiger charge is -2.22. The van der Waals surface area contributed by atoms with Gasteiger partial charge in [-0.05, 0) is 24.7 Å². The average Bonchev–Trinajstić information content (AvgIpc) is 2.12. The van der Waals surface area contributed by atoms with Crippen molar-refractivity contribution in [2.45, 2.75) is 26.7 Å². The van der Waals surface area contributed by atoms with E-state index in [0.29, 0.717) is 19.4 Å². The molecule has 0 aromatic heterocycles. The van der Waals surface area contributed by atoms with Crippen LogP contribution >= 0.6 is 0 Å². The number of sulfone groups is 1. The molecule has 5 nitrogen and oxygen atoms in total. The van der Waals surface area contributed by atoms with Gasteiger partial charge in [0.1, 0.15) is 0 Å². The van der Waals surface area contributed by atoms with E-state index in [1.807, 2.05) is 13.8 Å². The van der Waals surface area contributed by atoms with Crippen molar-refractivity contribution >= 4 is 19.9 Å². The van der Waals surface area contributed by atoms with Crippen molar-refractivity contribution in [2.75, 3.05) is 23.8 Å². The van der Waals surface area contributed by atoms with Crippen molar-refractivity contribution in [3.63, 3.8) is 0 Å². The van der Waals surface area contributed by atoms with Crippen LogP contribution in [0.15, 0.2) is 0 Å². The van der Waals surface area contributed by atoms with Gasteiger partial charge in [0.25, 0.3) is 0 Å². The highest BCUT2D eigenvalue weighted by Gasteiger charge is 2.28. The SMILES string of the molecule is CC(C)CNS(=O)(=O)CC1CCCS(=O)(=O)C1. The van der Waals surface area contributed by atoms with Crippen LogP contribution < -0.4 is 4.72 Å². The third-order valence-electron chi connectivity index (χ3n) is 2.72. The Hall–Kier alpha value is -0.140. The van der Waals surface area contributed by atoms with Crippen molar-refractivity contribution in [1.82, 2.24) is 4.72 Å². The van der Waals surface area contributed by atoms with Crippen LogP contribution in [0.4, 0.5) is 0 Å². The van der Waals surface area contributed by atoms with Gasteiger partial charge in [-0.25, -0.2) is 21.6 Å². The van der Waals surface area contributed by atoms with Gasteiger partial charge in [0.2, 0.25) is 10.0 Å². The van der Waals surface area contributed by atoms with Crippen LogP contribution in [-0.2, 0) is 19.9 Å². The molecule has 0 saturated carbocycles. The average molecular weight is 283 g/mol. The summed E-state index contributed by atoms with van der Waals surface area (Å²) in [5.74, 6) is 0.135.